The van der Waals surface area contributed by atoms with E-state index in [9.17, 15) is 5.11 Å². The summed E-state index contributed by atoms with van der Waals surface area (Å²) in [6, 6.07) is 5.71. The lowest BCUT2D eigenvalue weighted by Crippen LogP contribution is -2.46. The van der Waals surface area contributed by atoms with Gasteiger partial charge in [-0.05, 0) is 55.7 Å². The van der Waals surface area contributed by atoms with Crippen LogP contribution >= 0.6 is 0 Å². The van der Waals surface area contributed by atoms with Crippen LogP contribution in [0.4, 0.5) is 0 Å². The Kier molecular flexibility index (Phi) is 3.95. The van der Waals surface area contributed by atoms with Crippen molar-refractivity contribution >= 4 is 13.5 Å². The van der Waals surface area contributed by atoms with E-state index in [1.165, 1.54) is 0 Å². The van der Waals surface area contributed by atoms with Gasteiger partial charge in [-0.3, -0.25) is 0 Å². The van der Waals surface area contributed by atoms with E-state index in [4.69, 9.17) is 9.15 Å². The van der Waals surface area contributed by atoms with Crippen LogP contribution < -0.4 is 10.1 Å². The summed E-state index contributed by atoms with van der Waals surface area (Å²) in [5, 5.41) is 10.9. The molecule has 0 saturated heterocycles. The number of furan rings is 1. The summed E-state index contributed by atoms with van der Waals surface area (Å²) in [5.74, 6) is 1.21. The van der Waals surface area contributed by atoms with Crippen LogP contribution in [0.3, 0.4) is 0 Å². The van der Waals surface area contributed by atoms with Crippen LogP contribution in [-0.2, 0) is 0 Å². The molecule has 20 heavy (non-hydrogen) atoms. The van der Waals surface area contributed by atoms with E-state index in [1.807, 2.05) is 32.9 Å². The highest BCUT2D eigenvalue weighted by molar-refractivity contribution is 6.88. The highest BCUT2D eigenvalue weighted by Gasteiger charge is 2.28. The molecule has 1 aromatic carbocycles. The molecule has 108 valence electrons. The highest BCUT2D eigenvalue weighted by atomic mass is 28.3. The van der Waals surface area contributed by atoms with Gasteiger partial charge in [-0.2, -0.15) is 0 Å². The van der Waals surface area contributed by atoms with E-state index in [-0.39, 0.29) is 0 Å². The van der Waals surface area contributed by atoms with Crippen LogP contribution in [0.1, 0.15) is 16.7 Å². The Morgan fingerprint density at radius 1 is 1.20 bits per heavy atom. The molecule has 0 radical (unpaired) electrons. The summed E-state index contributed by atoms with van der Waals surface area (Å²) in [4.78, 5) is 0. The second-order valence-electron chi connectivity index (χ2n) is 5.94. The topological polar surface area (TPSA) is 42.6 Å². The van der Waals surface area contributed by atoms with Crippen LogP contribution in [-0.4, -0.2) is 19.4 Å². The van der Waals surface area contributed by atoms with Crippen LogP contribution in [0.5, 0.6) is 11.5 Å². The molecule has 2 rings (SSSR count). The third kappa shape index (κ3) is 2.75. The van der Waals surface area contributed by atoms with Crippen molar-refractivity contribution in [2.45, 2.75) is 33.9 Å². The first kappa shape index (κ1) is 14.7. The van der Waals surface area contributed by atoms with Crippen molar-refractivity contribution in [3.05, 3.63) is 41.2 Å². The Morgan fingerprint density at radius 2 is 1.90 bits per heavy atom. The van der Waals surface area contributed by atoms with Crippen LogP contribution in [0.15, 0.2) is 28.9 Å². The predicted molar refractivity (Wildman–Crippen MR) is 83.6 cm³/mol. The van der Waals surface area contributed by atoms with Crippen LogP contribution in [0, 0.1) is 20.8 Å². The molecule has 0 saturated carbocycles. The molecular formula is C16H22O3Si. The summed E-state index contributed by atoms with van der Waals surface area (Å²) in [6.45, 7) is 10.3. The van der Waals surface area contributed by atoms with Crippen molar-refractivity contribution in [2.75, 3.05) is 6.23 Å². The summed E-state index contributed by atoms with van der Waals surface area (Å²) in [7, 11) is -1.74. The van der Waals surface area contributed by atoms with E-state index in [1.54, 1.807) is 12.3 Å². The molecule has 0 atom stereocenters. The Balaban J connectivity index is 2.22. The summed E-state index contributed by atoms with van der Waals surface area (Å²) in [6.07, 6.45) is 2.37. The fraction of sp³-hybridized carbons (Fsp3) is 0.375. The van der Waals surface area contributed by atoms with Gasteiger partial charge in [0.05, 0.1) is 17.9 Å². The Morgan fingerprint density at radius 3 is 2.50 bits per heavy atom. The zero-order chi connectivity index (χ0) is 14.9. The lowest BCUT2D eigenvalue weighted by molar-refractivity contribution is 0.370. The maximum absolute atomic E-state index is 9.82. The van der Waals surface area contributed by atoms with Gasteiger partial charge in [0.1, 0.15) is 11.5 Å². The van der Waals surface area contributed by atoms with Gasteiger partial charge in [-0.25, -0.2) is 0 Å². The van der Waals surface area contributed by atoms with Crippen molar-refractivity contribution in [2.24, 2.45) is 0 Å². The molecule has 1 aromatic heterocycles. The fourth-order valence-corrected chi connectivity index (χ4v) is 3.83. The third-order valence-corrected chi connectivity index (χ3v) is 6.25. The van der Waals surface area contributed by atoms with Gasteiger partial charge in [0.2, 0.25) is 0 Å². The number of hydrogen-bond donors (Lipinski definition) is 1. The van der Waals surface area contributed by atoms with Gasteiger partial charge >= 0.3 is 0 Å². The first-order chi connectivity index (χ1) is 9.33. The minimum absolute atomic E-state index is 0.329. The first-order valence-corrected chi connectivity index (χ1v) is 10.00. The van der Waals surface area contributed by atoms with Crippen molar-refractivity contribution in [3.8, 4) is 11.5 Å². The summed E-state index contributed by atoms with van der Waals surface area (Å²) >= 11 is 0. The van der Waals surface area contributed by atoms with Gasteiger partial charge in [-0.1, -0.05) is 13.1 Å². The average Bonchev–Trinajstić information content (AvgIpc) is 2.90. The van der Waals surface area contributed by atoms with Crippen LogP contribution in [0.25, 0.3) is 0 Å². The van der Waals surface area contributed by atoms with Crippen molar-refractivity contribution in [3.63, 3.8) is 0 Å². The molecule has 0 aliphatic rings. The van der Waals surface area contributed by atoms with E-state index < -0.39 is 8.07 Å². The molecule has 1 heterocycles. The molecule has 2 aromatic rings. The maximum atomic E-state index is 9.82. The number of aromatic hydroxyl groups is 1. The molecule has 0 aliphatic heterocycles. The Labute approximate surface area is 121 Å². The van der Waals surface area contributed by atoms with Gasteiger partial charge in [0.25, 0.3) is 0 Å². The number of aryl methyl sites for hydroxylation is 1. The largest absolute Gasteiger partial charge is 0.508 e. The van der Waals surface area contributed by atoms with E-state index in [0.717, 1.165) is 27.8 Å². The number of ether oxygens (including phenoxy) is 1. The molecule has 0 bridgehead atoms. The normalized spacial score (nSPS) is 11.7. The highest BCUT2D eigenvalue weighted by Crippen LogP contribution is 2.32. The zero-order valence-corrected chi connectivity index (χ0v) is 13.8. The standard InChI is InChI=1S/C16H22O3Si/c1-11-9-14(17)12(2)13(3)16(11)19-10-20(4,5)15-7-6-8-18-15/h6-9,17H,10H2,1-5H3. The first-order valence-electron chi connectivity index (χ1n) is 6.79. The van der Waals surface area contributed by atoms with Crippen molar-refractivity contribution in [1.82, 2.24) is 0 Å². The SMILES string of the molecule is Cc1cc(O)c(C)c(C)c1OC[Si](C)(C)c1ccco1. The predicted octanol–water partition coefficient (Wildman–Crippen LogP) is 3.44. The van der Waals surface area contributed by atoms with Crippen molar-refractivity contribution in [1.29, 1.82) is 0 Å². The molecule has 0 spiro atoms. The molecule has 0 aliphatic carbocycles. The molecule has 3 nitrogen and oxygen atoms in total. The maximum Gasteiger partial charge on any atom is 0.168 e. The van der Waals surface area contributed by atoms with E-state index in [2.05, 4.69) is 13.1 Å². The minimum Gasteiger partial charge on any atom is -0.508 e. The summed E-state index contributed by atoms with van der Waals surface area (Å²) in [5.41, 5.74) is 2.85. The zero-order valence-electron chi connectivity index (χ0n) is 12.8. The van der Waals surface area contributed by atoms with Gasteiger partial charge < -0.3 is 14.3 Å². The molecule has 0 fully saturated rings. The number of hydrogen-bond acceptors (Lipinski definition) is 3. The quantitative estimate of drug-likeness (QED) is 0.877. The number of rotatable bonds is 4. The fourth-order valence-electron chi connectivity index (χ4n) is 2.25. The Bertz CT molecular complexity index is 601. The molecule has 0 amide bonds. The monoisotopic (exact) mass is 290 g/mol. The van der Waals surface area contributed by atoms with Gasteiger partial charge in [-0.15, -0.1) is 0 Å². The summed E-state index contributed by atoms with van der Waals surface area (Å²) < 4.78 is 11.6. The molecule has 0 unspecified atom stereocenters. The second-order valence-corrected chi connectivity index (χ2v) is 10.5. The smallest absolute Gasteiger partial charge is 0.168 e. The molecule has 4 heteroatoms. The number of phenols is 1. The second kappa shape index (κ2) is 5.36. The number of benzene rings is 1. The van der Waals surface area contributed by atoms with E-state index >= 15 is 0 Å². The average molecular weight is 290 g/mol. The van der Waals surface area contributed by atoms with Gasteiger partial charge in [0, 0.05) is 0 Å². The lowest BCUT2D eigenvalue weighted by Gasteiger charge is -2.22. The van der Waals surface area contributed by atoms with Crippen molar-refractivity contribution < 1.29 is 14.3 Å². The molecule has 1 N–H and O–H groups in total. The van der Waals surface area contributed by atoms with Gasteiger partial charge in [0.15, 0.2) is 8.07 Å². The third-order valence-electron chi connectivity index (χ3n) is 3.76. The lowest BCUT2D eigenvalue weighted by atomic mass is 10.0. The Hall–Kier alpha value is -1.68. The van der Waals surface area contributed by atoms with Crippen LogP contribution in [0.2, 0.25) is 13.1 Å². The molecular weight excluding hydrogens is 268 g/mol. The number of phenolic OH excluding ortho intramolecular Hbond substituents is 1. The minimum atomic E-state index is -1.74. The van der Waals surface area contributed by atoms with E-state index in [0.29, 0.717) is 12.0 Å².